The molecular formula is C23H28N2O. The molecule has 4 rings (SSSR count). The molecule has 1 aliphatic carbocycles. The molecule has 3 nitrogen and oxygen atoms in total. The number of nitrogen functional groups attached to an aromatic ring is 1. The van der Waals surface area contributed by atoms with Crippen molar-refractivity contribution in [3.05, 3.63) is 64.7 Å². The van der Waals surface area contributed by atoms with E-state index >= 15 is 0 Å². The fourth-order valence-electron chi connectivity index (χ4n) is 4.85. The minimum absolute atomic E-state index is 0.302. The second-order valence-electron chi connectivity index (χ2n) is 7.90. The van der Waals surface area contributed by atoms with E-state index in [1.807, 2.05) is 18.2 Å². The summed E-state index contributed by atoms with van der Waals surface area (Å²) in [7, 11) is 0. The summed E-state index contributed by atoms with van der Waals surface area (Å²) in [5, 5.41) is 0. The molecular weight excluding hydrogens is 320 g/mol. The molecule has 2 aliphatic rings. The first-order valence-corrected chi connectivity index (χ1v) is 9.83. The van der Waals surface area contributed by atoms with E-state index in [4.69, 9.17) is 5.73 Å². The lowest BCUT2D eigenvalue weighted by Crippen LogP contribution is -2.59. The SMILES string of the molecule is Cc1ccccc1CCN1CCCCC12CCc1cc(N)ccc1C2=O. The Kier molecular flexibility index (Phi) is 4.58. The lowest BCUT2D eigenvalue weighted by molar-refractivity contribution is 0.0298. The standard InChI is InChI=1S/C23H28N2O/c1-17-6-2-3-7-18(17)11-15-25-14-5-4-12-23(25)13-10-19-16-20(24)8-9-21(19)22(23)26/h2-3,6-9,16H,4-5,10-15,24H2,1H3. The van der Waals surface area contributed by atoms with E-state index in [0.29, 0.717) is 5.78 Å². The summed E-state index contributed by atoms with van der Waals surface area (Å²) in [6, 6.07) is 14.4. The molecule has 1 heterocycles. The van der Waals surface area contributed by atoms with Crippen LogP contribution in [0.4, 0.5) is 5.69 Å². The van der Waals surface area contributed by atoms with Crippen molar-refractivity contribution in [2.75, 3.05) is 18.8 Å². The molecule has 2 N–H and O–H groups in total. The Bertz CT molecular complexity index is 829. The predicted molar refractivity (Wildman–Crippen MR) is 107 cm³/mol. The normalized spacial score (nSPS) is 23.2. The van der Waals surface area contributed by atoms with Crippen molar-refractivity contribution in [3.63, 3.8) is 0 Å². The number of aryl methyl sites for hydroxylation is 2. The zero-order valence-corrected chi connectivity index (χ0v) is 15.6. The molecule has 1 unspecified atom stereocenters. The first kappa shape index (κ1) is 17.3. The van der Waals surface area contributed by atoms with Gasteiger partial charge in [0.1, 0.15) is 0 Å². The number of fused-ring (bicyclic) bond motifs is 1. The number of nitrogens with two attached hydrogens (primary N) is 1. The van der Waals surface area contributed by atoms with Crippen molar-refractivity contribution in [3.8, 4) is 0 Å². The van der Waals surface area contributed by atoms with Crippen LogP contribution < -0.4 is 5.73 Å². The van der Waals surface area contributed by atoms with Gasteiger partial charge in [0.05, 0.1) is 5.54 Å². The van der Waals surface area contributed by atoms with Gasteiger partial charge in [0, 0.05) is 17.8 Å². The van der Waals surface area contributed by atoms with Gasteiger partial charge in [-0.2, -0.15) is 0 Å². The molecule has 1 fully saturated rings. The van der Waals surface area contributed by atoms with E-state index < -0.39 is 0 Å². The highest BCUT2D eigenvalue weighted by Gasteiger charge is 2.47. The number of likely N-dealkylation sites (tertiary alicyclic amines) is 1. The van der Waals surface area contributed by atoms with Crippen LogP contribution in [0.2, 0.25) is 0 Å². The van der Waals surface area contributed by atoms with Crippen LogP contribution in [0.3, 0.4) is 0 Å². The van der Waals surface area contributed by atoms with Gasteiger partial charge in [0.2, 0.25) is 0 Å². The Morgan fingerprint density at radius 2 is 1.96 bits per heavy atom. The van der Waals surface area contributed by atoms with Gasteiger partial charge >= 0.3 is 0 Å². The number of carbonyl (C=O) groups excluding carboxylic acids is 1. The number of Topliss-reactive ketones (excluding diaryl/α,β-unsaturated/α-hetero) is 1. The second-order valence-corrected chi connectivity index (χ2v) is 7.90. The molecule has 2 aromatic carbocycles. The molecule has 26 heavy (non-hydrogen) atoms. The van der Waals surface area contributed by atoms with Crippen LogP contribution in [-0.4, -0.2) is 29.3 Å². The second kappa shape index (κ2) is 6.88. The first-order chi connectivity index (χ1) is 12.6. The molecule has 0 saturated carbocycles. The third kappa shape index (κ3) is 2.95. The van der Waals surface area contributed by atoms with E-state index in [9.17, 15) is 4.79 Å². The number of benzene rings is 2. The van der Waals surface area contributed by atoms with Crippen LogP contribution in [0.15, 0.2) is 42.5 Å². The summed E-state index contributed by atoms with van der Waals surface area (Å²) in [6.07, 6.45) is 6.22. The topological polar surface area (TPSA) is 46.3 Å². The number of carbonyl (C=O) groups is 1. The molecule has 1 atom stereocenters. The van der Waals surface area contributed by atoms with Gasteiger partial charge in [-0.1, -0.05) is 24.3 Å². The van der Waals surface area contributed by atoms with Gasteiger partial charge in [-0.25, -0.2) is 0 Å². The Morgan fingerprint density at radius 3 is 2.81 bits per heavy atom. The summed E-state index contributed by atoms with van der Waals surface area (Å²) in [6.45, 7) is 4.16. The monoisotopic (exact) mass is 348 g/mol. The van der Waals surface area contributed by atoms with Crippen LogP contribution in [0, 0.1) is 6.92 Å². The van der Waals surface area contributed by atoms with Crippen LogP contribution >= 0.6 is 0 Å². The highest BCUT2D eigenvalue weighted by Crippen LogP contribution is 2.40. The van der Waals surface area contributed by atoms with E-state index in [1.165, 1.54) is 17.5 Å². The van der Waals surface area contributed by atoms with E-state index in [2.05, 4.69) is 36.1 Å². The van der Waals surface area contributed by atoms with Gasteiger partial charge in [0.15, 0.2) is 5.78 Å². The van der Waals surface area contributed by atoms with Gasteiger partial charge in [-0.3, -0.25) is 9.69 Å². The van der Waals surface area contributed by atoms with E-state index in [0.717, 1.165) is 62.0 Å². The summed E-state index contributed by atoms with van der Waals surface area (Å²) in [4.78, 5) is 16.0. The number of rotatable bonds is 3. The quantitative estimate of drug-likeness (QED) is 0.847. The highest BCUT2D eigenvalue weighted by atomic mass is 16.1. The van der Waals surface area contributed by atoms with Crippen molar-refractivity contribution in [1.29, 1.82) is 0 Å². The van der Waals surface area contributed by atoms with Crippen LogP contribution in [0.1, 0.15) is 52.7 Å². The van der Waals surface area contributed by atoms with E-state index in [-0.39, 0.29) is 5.54 Å². The van der Waals surface area contributed by atoms with Crippen LogP contribution in [0.5, 0.6) is 0 Å². The summed E-state index contributed by atoms with van der Waals surface area (Å²) >= 11 is 0. The zero-order valence-electron chi connectivity index (χ0n) is 15.6. The minimum atomic E-state index is -0.302. The average molecular weight is 348 g/mol. The molecule has 2 aromatic rings. The fourth-order valence-corrected chi connectivity index (χ4v) is 4.85. The third-order valence-electron chi connectivity index (χ3n) is 6.39. The number of hydrogen-bond acceptors (Lipinski definition) is 3. The molecule has 1 aliphatic heterocycles. The van der Waals surface area contributed by atoms with Gasteiger partial charge in [-0.05, 0) is 86.9 Å². The fraction of sp³-hybridized carbons (Fsp3) is 0.435. The van der Waals surface area contributed by atoms with Crippen molar-refractivity contribution >= 4 is 11.5 Å². The Labute approximate surface area is 156 Å². The lowest BCUT2D eigenvalue weighted by Gasteiger charge is -2.48. The molecule has 1 saturated heterocycles. The highest BCUT2D eigenvalue weighted by molar-refractivity contribution is 6.05. The van der Waals surface area contributed by atoms with Crippen molar-refractivity contribution in [1.82, 2.24) is 4.90 Å². The molecule has 136 valence electrons. The summed E-state index contributed by atoms with van der Waals surface area (Å²) in [5.74, 6) is 0.322. The first-order valence-electron chi connectivity index (χ1n) is 9.83. The number of nitrogens with zero attached hydrogens (tertiary/aromatic N) is 1. The summed E-state index contributed by atoms with van der Waals surface area (Å²) < 4.78 is 0. The molecule has 0 bridgehead atoms. The molecule has 3 heteroatoms. The average Bonchev–Trinajstić information content (AvgIpc) is 2.65. The van der Waals surface area contributed by atoms with Crippen LogP contribution in [0.25, 0.3) is 0 Å². The lowest BCUT2D eigenvalue weighted by atomic mass is 9.71. The Hall–Kier alpha value is -2.13. The maximum absolute atomic E-state index is 13.5. The Balaban J connectivity index is 1.60. The van der Waals surface area contributed by atoms with E-state index in [1.54, 1.807) is 0 Å². The van der Waals surface area contributed by atoms with Crippen molar-refractivity contribution < 1.29 is 4.79 Å². The number of ketones is 1. The largest absolute Gasteiger partial charge is 0.399 e. The molecule has 1 spiro atoms. The molecule has 0 radical (unpaired) electrons. The molecule has 0 amide bonds. The maximum atomic E-state index is 13.5. The van der Waals surface area contributed by atoms with Crippen molar-refractivity contribution in [2.45, 2.75) is 51.0 Å². The number of hydrogen-bond donors (Lipinski definition) is 1. The van der Waals surface area contributed by atoms with Gasteiger partial charge in [-0.15, -0.1) is 0 Å². The van der Waals surface area contributed by atoms with Gasteiger partial charge < -0.3 is 5.73 Å². The van der Waals surface area contributed by atoms with Crippen LogP contribution in [-0.2, 0) is 12.8 Å². The Morgan fingerprint density at radius 1 is 1.12 bits per heavy atom. The maximum Gasteiger partial charge on any atom is 0.183 e. The van der Waals surface area contributed by atoms with Crippen molar-refractivity contribution in [2.24, 2.45) is 0 Å². The molecule has 0 aromatic heterocycles. The number of piperidine rings is 1. The number of anilines is 1. The third-order valence-corrected chi connectivity index (χ3v) is 6.39. The minimum Gasteiger partial charge on any atom is -0.399 e. The van der Waals surface area contributed by atoms with Gasteiger partial charge in [0.25, 0.3) is 0 Å². The zero-order chi connectivity index (χ0) is 18.1. The smallest absolute Gasteiger partial charge is 0.183 e. The summed E-state index contributed by atoms with van der Waals surface area (Å²) in [5.41, 5.74) is 11.1. The predicted octanol–water partition coefficient (Wildman–Crippen LogP) is 4.17.